The minimum atomic E-state index is -0.855. The molecule has 2 aliphatic heterocycles. The molecule has 2 aromatic rings. The fourth-order valence-electron chi connectivity index (χ4n) is 3.84. The zero-order valence-corrected chi connectivity index (χ0v) is 17.1. The molecule has 150 valence electrons. The first kappa shape index (κ1) is 19.5. The number of aliphatic hydroxyl groups is 1. The Hall–Kier alpha value is -2.83. The largest absolute Gasteiger partial charge is 0.374 e. The average molecular weight is 390 g/mol. The lowest BCUT2D eigenvalue weighted by molar-refractivity contribution is 0.117. The van der Waals surface area contributed by atoms with E-state index in [-0.39, 0.29) is 6.17 Å². The number of benzene rings is 2. The molecule has 0 radical (unpaired) electrons. The van der Waals surface area contributed by atoms with Crippen LogP contribution in [0, 0.1) is 13.8 Å². The second kappa shape index (κ2) is 8.27. The number of nitrogens with zero attached hydrogens (tertiary/aromatic N) is 4. The Labute approximate surface area is 171 Å². The topological polar surface area (TPSA) is 72.6 Å². The molecule has 0 aliphatic carbocycles. The third kappa shape index (κ3) is 3.99. The summed E-state index contributed by atoms with van der Waals surface area (Å²) < 4.78 is 0. The van der Waals surface area contributed by atoms with E-state index in [1.807, 2.05) is 35.3 Å². The van der Waals surface area contributed by atoms with Crippen LogP contribution in [-0.2, 0) is 0 Å². The molecule has 3 unspecified atom stereocenters. The van der Waals surface area contributed by atoms with Crippen molar-refractivity contribution >= 4 is 17.1 Å². The molecule has 2 N–H and O–H groups in total. The zero-order chi connectivity index (χ0) is 20.4. The highest BCUT2D eigenvalue weighted by Crippen LogP contribution is 2.34. The first-order valence-corrected chi connectivity index (χ1v) is 10.1. The first-order valence-electron chi connectivity index (χ1n) is 10.1. The molecule has 3 atom stereocenters. The fourth-order valence-corrected chi connectivity index (χ4v) is 3.84. The molecule has 1 saturated heterocycles. The molecule has 4 rings (SSSR count). The van der Waals surface area contributed by atoms with Gasteiger partial charge >= 0.3 is 0 Å². The van der Waals surface area contributed by atoms with Crippen molar-refractivity contribution in [3.05, 3.63) is 71.3 Å². The smallest absolute Gasteiger partial charge is 0.163 e. The van der Waals surface area contributed by atoms with Crippen LogP contribution in [-0.4, -0.2) is 34.3 Å². The summed E-state index contributed by atoms with van der Waals surface area (Å²) in [6, 6.07) is 15.5. The number of azo groups is 1. The normalized spacial score (nSPS) is 23.9. The Bertz CT molecular complexity index is 966. The van der Waals surface area contributed by atoms with Gasteiger partial charge in [-0.05, 0) is 44.0 Å². The lowest BCUT2D eigenvalue weighted by Crippen LogP contribution is -2.40. The number of rotatable bonds is 5. The van der Waals surface area contributed by atoms with Crippen molar-refractivity contribution in [2.75, 3.05) is 0 Å². The second-order valence-electron chi connectivity index (χ2n) is 7.62. The van der Waals surface area contributed by atoms with E-state index in [1.54, 1.807) is 0 Å². The molecule has 2 heterocycles. The number of aryl methyl sites for hydroxylation is 2. The molecule has 0 bridgehead atoms. The number of fused-ring (bicyclic) bond motifs is 1. The summed E-state index contributed by atoms with van der Waals surface area (Å²) in [5.74, 6) is 0. The van der Waals surface area contributed by atoms with Crippen LogP contribution >= 0.6 is 0 Å². The van der Waals surface area contributed by atoms with Gasteiger partial charge in [0.2, 0.25) is 0 Å². The van der Waals surface area contributed by atoms with Crippen molar-refractivity contribution in [1.29, 1.82) is 0 Å². The monoisotopic (exact) mass is 389 g/mol. The quantitative estimate of drug-likeness (QED) is 0.739. The van der Waals surface area contributed by atoms with Crippen molar-refractivity contribution in [3.63, 3.8) is 0 Å². The van der Waals surface area contributed by atoms with Gasteiger partial charge in [0.15, 0.2) is 12.2 Å². The van der Waals surface area contributed by atoms with Crippen LogP contribution in [0.4, 0.5) is 5.69 Å². The lowest BCUT2D eigenvalue weighted by Gasteiger charge is -2.31. The molecule has 29 heavy (non-hydrogen) atoms. The summed E-state index contributed by atoms with van der Waals surface area (Å²) in [5, 5.41) is 21.4. The van der Waals surface area contributed by atoms with E-state index in [1.165, 1.54) is 11.1 Å². The Morgan fingerprint density at radius 2 is 1.93 bits per heavy atom. The van der Waals surface area contributed by atoms with Gasteiger partial charge in [0.25, 0.3) is 0 Å². The van der Waals surface area contributed by atoms with E-state index in [4.69, 9.17) is 4.99 Å². The van der Waals surface area contributed by atoms with Crippen LogP contribution in [0.1, 0.15) is 36.5 Å². The molecular formula is C23H27N5O. The van der Waals surface area contributed by atoms with Gasteiger partial charge in [0.1, 0.15) is 6.23 Å². The van der Waals surface area contributed by atoms with Crippen molar-refractivity contribution in [1.82, 2.24) is 10.4 Å². The molecule has 6 nitrogen and oxygen atoms in total. The molecule has 1 fully saturated rings. The second-order valence-corrected chi connectivity index (χ2v) is 7.62. The van der Waals surface area contributed by atoms with Crippen molar-refractivity contribution in [3.8, 4) is 0 Å². The molecule has 0 aromatic heterocycles. The number of allylic oxidation sites excluding steroid dienone is 1. The van der Waals surface area contributed by atoms with E-state index in [0.717, 1.165) is 35.5 Å². The third-order valence-corrected chi connectivity index (χ3v) is 5.25. The van der Waals surface area contributed by atoms with E-state index >= 15 is 0 Å². The summed E-state index contributed by atoms with van der Waals surface area (Å²) in [7, 11) is 0. The van der Waals surface area contributed by atoms with Crippen molar-refractivity contribution in [2.45, 2.75) is 52.0 Å². The Morgan fingerprint density at radius 3 is 2.66 bits per heavy atom. The number of hydrazine groups is 1. The van der Waals surface area contributed by atoms with Crippen LogP contribution < -0.4 is 5.43 Å². The lowest BCUT2D eigenvalue weighted by atomic mass is 9.99. The number of aliphatic imine (C=N–C) groups is 1. The number of aliphatic hydroxyl groups excluding tert-OH is 1. The summed E-state index contributed by atoms with van der Waals surface area (Å²) >= 11 is 0. The number of hydrogen-bond donors (Lipinski definition) is 2. The predicted octanol–water partition coefficient (Wildman–Crippen LogP) is 4.52. The highest BCUT2D eigenvalue weighted by molar-refractivity contribution is 6.02. The summed E-state index contributed by atoms with van der Waals surface area (Å²) in [6.07, 6.45) is 2.82. The van der Waals surface area contributed by atoms with Crippen LogP contribution in [0.5, 0.6) is 0 Å². The standard InChI is InChI=1S/C23H27N5O/c1-4-8-18-14-20(19-12-11-15(2)13-16(19)3)28-22(24-18)21(23(29)27-28)26-25-17-9-6-5-7-10-17/h5-7,9-14,21-23,27,29H,4,8H2,1-3H3. The maximum Gasteiger partial charge on any atom is 0.163 e. The molecule has 2 aromatic carbocycles. The predicted molar refractivity (Wildman–Crippen MR) is 116 cm³/mol. The maximum atomic E-state index is 10.7. The van der Waals surface area contributed by atoms with Crippen molar-refractivity contribution in [2.24, 2.45) is 15.2 Å². The first-order chi connectivity index (χ1) is 14.1. The van der Waals surface area contributed by atoms with Gasteiger partial charge in [-0.25, -0.2) is 5.43 Å². The van der Waals surface area contributed by atoms with E-state index in [2.05, 4.69) is 60.7 Å². The van der Waals surface area contributed by atoms with Gasteiger partial charge in [-0.3, -0.25) is 10.0 Å². The summed E-state index contributed by atoms with van der Waals surface area (Å²) in [5.41, 5.74) is 9.51. The van der Waals surface area contributed by atoms with Crippen LogP contribution in [0.25, 0.3) is 5.70 Å². The zero-order valence-electron chi connectivity index (χ0n) is 17.1. The summed E-state index contributed by atoms with van der Waals surface area (Å²) in [4.78, 5) is 4.89. The molecule has 0 saturated carbocycles. The Balaban J connectivity index is 1.70. The minimum Gasteiger partial charge on any atom is -0.374 e. The van der Waals surface area contributed by atoms with Gasteiger partial charge in [0, 0.05) is 11.3 Å². The van der Waals surface area contributed by atoms with Gasteiger partial charge < -0.3 is 5.11 Å². The van der Waals surface area contributed by atoms with Gasteiger partial charge in [-0.2, -0.15) is 10.2 Å². The van der Waals surface area contributed by atoms with Gasteiger partial charge in [-0.1, -0.05) is 55.3 Å². The molecule has 0 spiro atoms. The summed E-state index contributed by atoms with van der Waals surface area (Å²) in [6.45, 7) is 6.35. The van der Waals surface area contributed by atoms with Crippen LogP contribution in [0.15, 0.2) is 69.8 Å². The molecule has 6 heteroatoms. The van der Waals surface area contributed by atoms with E-state index in [9.17, 15) is 5.11 Å². The minimum absolute atomic E-state index is 0.334. The number of nitrogens with one attached hydrogen (secondary N) is 1. The molecule has 2 aliphatic rings. The SMILES string of the molecule is CCCC1=NC2C(N=Nc3ccccc3)C(O)NN2C(c2ccc(C)cc2C)=C1. The van der Waals surface area contributed by atoms with E-state index < -0.39 is 12.3 Å². The van der Waals surface area contributed by atoms with Crippen molar-refractivity contribution < 1.29 is 5.11 Å². The Morgan fingerprint density at radius 1 is 1.14 bits per heavy atom. The molecular weight excluding hydrogens is 362 g/mol. The third-order valence-electron chi connectivity index (χ3n) is 5.25. The Kier molecular flexibility index (Phi) is 5.56. The maximum absolute atomic E-state index is 10.7. The average Bonchev–Trinajstić information content (AvgIpc) is 3.02. The van der Waals surface area contributed by atoms with Crippen LogP contribution in [0.3, 0.4) is 0 Å². The van der Waals surface area contributed by atoms with Gasteiger partial charge in [0.05, 0.1) is 11.4 Å². The number of hydrogen-bond acceptors (Lipinski definition) is 6. The van der Waals surface area contributed by atoms with Crippen LogP contribution in [0.2, 0.25) is 0 Å². The fraction of sp³-hybridized carbons (Fsp3) is 0.348. The molecule has 0 amide bonds. The highest BCUT2D eigenvalue weighted by Gasteiger charge is 2.44. The highest BCUT2D eigenvalue weighted by atomic mass is 16.3. The van der Waals surface area contributed by atoms with Gasteiger partial charge in [-0.15, -0.1) is 0 Å². The van der Waals surface area contributed by atoms with E-state index in [0.29, 0.717) is 0 Å².